The Hall–Kier alpha value is -2.63. The van der Waals surface area contributed by atoms with Gasteiger partial charge >= 0.3 is 6.09 Å². The van der Waals surface area contributed by atoms with Crippen molar-refractivity contribution in [3.05, 3.63) is 42.1 Å². The lowest BCUT2D eigenvalue weighted by molar-refractivity contribution is 0.0483. The van der Waals surface area contributed by atoms with Crippen LogP contribution in [0.1, 0.15) is 31.3 Å². The number of carbonyl (C=O) groups excluding carboxylic acids is 2. The number of hydrogen-bond donors (Lipinski definition) is 2. The number of ether oxygens (including phenoxy) is 1. The van der Waals surface area contributed by atoms with E-state index in [-0.39, 0.29) is 5.69 Å². The van der Waals surface area contributed by atoms with Gasteiger partial charge in [0.25, 0.3) is 5.91 Å². The lowest BCUT2D eigenvalue weighted by Crippen LogP contribution is -2.44. The number of hydrazine groups is 1. The molecule has 0 aliphatic carbocycles. The third-order valence-electron chi connectivity index (χ3n) is 2.51. The van der Waals surface area contributed by atoms with Crippen molar-refractivity contribution in [3.8, 4) is 0 Å². The van der Waals surface area contributed by atoms with E-state index < -0.39 is 17.6 Å². The molecule has 1 heterocycles. The highest BCUT2D eigenvalue weighted by molar-refractivity contribution is 5.95. The molecule has 2 rings (SSSR count). The summed E-state index contributed by atoms with van der Waals surface area (Å²) in [5.41, 5.74) is 4.74. The first-order chi connectivity index (χ1) is 9.85. The number of amides is 2. The summed E-state index contributed by atoms with van der Waals surface area (Å²) in [6.45, 7) is 5.21. The summed E-state index contributed by atoms with van der Waals surface area (Å²) < 4.78 is 5.01. The van der Waals surface area contributed by atoms with Crippen molar-refractivity contribution in [2.45, 2.75) is 26.4 Å². The molecule has 1 aromatic heterocycles. The second-order valence-corrected chi connectivity index (χ2v) is 5.47. The molecule has 0 saturated carbocycles. The van der Waals surface area contributed by atoms with Crippen molar-refractivity contribution in [2.75, 3.05) is 0 Å². The minimum atomic E-state index is -0.725. The number of nitrogens with zero attached hydrogens (tertiary/aromatic N) is 1. The van der Waals surface area contributed by atoms with Crippen molar-refractivity contribution in [1.82, 2.24) is 15.8 Å². The fourth-order valence-electron chi connectivity index (χ4n) is 1.67. The summed E-state index contributed by atoms with van der Waals surface area (Å²) in [6.07, 6.45) is -0.725. The molecule has 0 aliphatic rings. The van der Waals surface area contributed by atoms with E-state index >= 15 is 0 Å². The Kier molecular flexibility index (Phi) is 4.07. The number of pyridine rings is 1. The molecule has 0 atom stereocenters. The van der Waals surface area contributed by atoms with Gasteiger partial charge in [-0.2, -0.15) is 0 Å². The van der Waals surface area contributed by atoms with Crippen LogP contribution >= 0.6 is 0 Å². The Morgan fingerprint density at radius 1 is 1.05 bits per heavy atom. The van der Waals surface area contributed by atoms with Gasteiger partial charge in [-0.3, -0.25) is 10.2 Å². The van der Waals surface area contributed by atoms with Gasteiger partial charge in [0, 0.05) is 5.39 Å². The minimum Gasteiger partial charge on any atom is -0.443 e. The van der Waals surface area contributed by atoms with E-state index in [1.54, 1.807) is 32.9 Å². The van der Waals surface area contributed by atoms with Crippen LogP contribution < -0.4 is 10.9 Å². The number of hydrogen-bond acceptors (Lipinski definition) is 4. The summed E-state index contributed by atoms with van der Waals surface area (Å²) in [5, 5.41) is 0.939. The average molecular weight is 287 g/mol. The van der Waals surface area contributed by atoms with Crippen LogP contribution in [0.15, 0.2) is 36.4 Å². The Labute approximate surface area is 122 Å². The maximum Gasteiger partial charge on any atom is 0.426 e. The van der Waals surface area contributed by atoms with E-state index in [2.05, 4.69) is 15.8 Å². The second kappa shape index (κ2) is 5.78. The van der Waals surface area contributed by atoms with E-state index in [1.807, 2.05) is 24.3 Å². The molecule has 0 aliphatic heterocycles. The van der Waals surface area contributed by atoms with Crippen molar-refractivity contribution in [2.24, 2.45) is 0 Å². The summed E-state index contributed by atoms with van der Waals surface area (Å²) in [5.74, 6) is -0.508. The number of carbonyl (C=O) groups is 2. The highest BCUT2D eigenvalue weighted by Crippen LogP contribution is 2.11. The predicted molar refractivity (Wildman–Crippen MR) is 78.6 cm³/mol. The first-order valence-electron chi connectivity index (χ1n) is 6.50. The highest BCUT2D eigenvalue weighted by Gasteiger charge is 2.17. The quantitative estimate of drug-likeness (QED) is 0.789. The van der Waals surface area contributed by atoms with Crippen LogP contribution in [-0.4, -0.2) is 22.6 Å². The number of benzene rings is 1. The minimum absolute atomic E-state index is 0.213. The van der Waals surface area contributed by atoms with Crippen LogP contribution in [0, 0.1) is 0 Å². The fourth-order valence-corrected chi connectivity index (χ4v) is 1.67. The molecule has 21 heavy (non-hydrogen) atoms. The zero-order valence-corrected chi connectivity index (χ0v) is 12.1. The van der Waals surface area contributed by atoms with Crippen molar-refractivity contribution in [3.63, 3.8) is 0 Å². The molecular weight excluding hydrogens is 270 g/mol. The average Bonchev–Trinajstić information content (AvgIpc) is 2.42. The topological polar surface area (TPSA) is 80.3 Å². The number of para-hydroxylation sites is 1. The summed E-state index contributed by atoms with van der Waals surface area (Å²) in [4.78, 5) is 27.6. The number of fused-ring (bicyclic) bond motifs is 1. The normalized spacial score (nSPS) is 11.0. The number of rotatable bonds is 1. The van der Waals surface area contributed by atoms with E-state index in [1.165, 1.54) is 0 Å². The SMILES string of the molecule is CC(C)(C)OC(=O)NNC(=O)c1ccc2ccccc2n1. The molecule has 0 spiro atoms. The monoisotopic (exact) mass is 287 g/mol. The maximum atomic E-state index is 11.9. The zero-order chi connectivity index (χ0) is 15.5. The predicted octanol–water partition coefficient (Wildman–Crippen LogP) is 2.40. The lowest BCUT2D eigenvalue weighted by Gasteiger charge is -2.19. The van der Waals surface area contributed by atoms with Crippen molar-refractivity contribution < 1.29 is 14.3 Å². The molecule has 2 aromatic rings. The third-order valence-corrected chi connectivity index (χ3v) is 2.51. The highest BCUT2D eigenvalue weighted by atomic mass is 16.6. The van der Waals surface area contributed by atoms with Crippen LogP contribution in [0.25, 0.3) is 10.9 Å². The molecule has 6 nitrogen and oxygen atoms in total. The van der Waals surface area contributed by atoms with Gasteiger partial charge in [-0.15, -0.1) is 0 Å². The molecule has 6 heteroatoms. The van der Waals surface area contributed by atoms with Crippen LogP contribution in [-0.2, 0) is 4.74 Å². The Morgan fingerprint density at radius 2 is 1.76 bits per heavy atom. The van der Waals surface area contributed by atoms with Gasteiger partial charge in [0.2, 0.25) is 0 Å². The third kappa shape index (κ3) is 4.17. The molecular formula is C15H17N3O3. The number of nitrogens with one attached hydrogen (secondary N) is 2. The van der Waals surface area contributed by atoms with E-state index in [0.717, 1.165) is 5.39 Å². The Morgan fingerprint density at radius 3 is 2.48 bits per heavy atom. The van der Waals surface area contributed by atoms with Gasteiger partial charge in [0.05, 0.1) is 5.52 Å². The molecule has 0 unspecified atom stereocenters. The van der Waals surface area contributed by atoms with Crippen LogP contribution in [0.2, 0.25) is 0 Å². The molecule has 0 saturated heterocycles. The first kappa shape index (κ1) is 14.8. The summed E-state index contributed by atoms with van der Waals surface area (Å²) in [6, 6.07) is 10.8. The standard InChI is InChI=1S/C15H17N3O3/c1-15(2,3)21-14(20)18-17-13(19)12-9-8-10-6-4-5-7-11(10)16-12/h4-9H,1-3H3,(H,17,19)(H,18,20). The van der Waals surface area contributed by atoms with Gasteiger partial charge < -0.3 is 4.74 Å². The van der Waals surface area contributed by atoms with Gasteiger partial charge in [0.1, 0.15) is 11.3 Å². The first-order valence-corrected chi connectivity index (χ1v) is 6.50. The second-order valence-electron chi connectivity index (χ2n) is 5.47. The van der Waals surface area contributed by atoms with E-state index in [4.69, 9.17) is 4.74 Å². The Bertz CT molecular complexity index is 677. The molecule has 110 valence electrons. The van der Waals surface area contributed by atoms with Gasteiger partial charge in [0.15, 0.2) is 0 Å². The maximum absolute atomic E-state index is 11.9. The lowest BCUT2D eigenvalue weighted by atomic mass is 10.2. The van der Waals surface area contributed by atoms with Gasteiger partial charge in [-0.05, 0) is 32.9 Å². The van der Waals surface area contributed by atoms with E-state index in [0.29, 0.717) is 5.52 Å². The smallest absolute Gasteiger partial charge is 0.426 e. The van der Waals surface area contributed by atoms with Crippen LogP contribution in [0.4, 0.5) is 4.79 Å². The van der Waals surface area contributed by atoms with Crippen LogP contribution in [0.3, 0.4) is 0 Å². The Balaban J connectivity index is 2.00. The van der Waals surface area contributed by atoms with Crippen LogP contribution in [0.5, 0.6) is 0 Å². The summed E-state index contributed by atoms with van der Waals surface area (Å²) >= 11 is 0. The van der Waals surface area contributed by atoms with Gasteiger partial charge in [-0.25, -0.2) is 15.2 Å². The van der Waals surface area contributed by atoms with E-state index in [9.17, 15) is 9.59 Å². The molecule has 0 fully saturated rings. The molecule has 2 N–H and O–H groups in total. The number of aromatic nitrogens is 1. The molecule has 0 radical (unpaired) electrons. The van der Waals surface area contributed by atoms with Gasteiger partial charge in [-0.1, -0.05) is 24.3 Å². The fraction of sp³-hybridized carbons (Fsp3) is 0.267. The van der Waals surface area contributed by atoms with Crippen molar-refractivity contribution >= 4 is 22.9 Å². The molecule has 1 aromatic carbocycles. The molecule has 0 bridgehead atoms. The van der Waals surface area contributed by atoms with Crippen molar-refractivity contribution in [1.29, 1.82) is 0 Å². The largest absolute Gasteiger partial charge is 0.443 e. The zero-order valence-electron chi connectivity index (χ0n) is 12.1. The molecule has 2 amide bonds. The summed E-state index contributed by atoms with van der Waals surface area (Å²) in [7, 11) is 0.